The van der Waals surface area contributed by atoms with E-state index in [2.05, 4.69) is 0 Å². The number of benzene rings is 2. The van der Waals surface area contributed by atoms with E-state index in [4.69, 9.17) is 21.4 Å². The molecule has 0 heterocycles. The van der Waals surface area contributed by atoms with Gasteiger partial charge in [0.05, 0.1) is 17.0 Å². The van der Waals surface area contributed by atoms with Crippen molar-refractivity contribution in [3.63, 3.8) is 0 Å². The van der Waals surface area contributed by atoms with E-state index >= 15 is 0 Å². The van der Waals surface area contributed by atoms with Crippen LogP contribution in [0.15, 0.2) is 48.5 Å². The van der Waals surface area contributed by atoms with E-state index in [1.165, 1.54) is 0 Å². The zero-order valence-corrected chi connectivity index (χ0v) is 15.3. The van der Waals surface area contributed by atoms with Crippen molar-refractivity contribution in [1.29, 1.82) is 0 Å². The molecule has 0 unspecified atom stereocenters. The third kappa shape index (κ3) is 5.95. The molecule has 0 aromatic heterocycles. The Morgan fingerprint density at radius 2 is 1.80 bits per heavy atom. The first-order chi connectivity index (χ1) is 11.9. The van der Waals surface area contributed by atoms with Crippen molar-refractivity contribution in [2.24, 2.45) is 5.41 Å². The van der Waals surface area contributed by atoms with Gasteiger partial charge in [0.25, 0.3) is 0 Å². The van der Waals surface area contributed by atoms with Crippen LogP contribution in [0.25, 0.3) is 12.2 Å². The summed E-state index contributed by atoms with van der Waals surface area (Å²) in [5, 5.41) is 9.65. The number of carbonyl (C=O) groups is 1. The summed E-state index contributed by atoms with van der Waals surface area (Å²) in [4.78, 5) is 11.1. The van der Waals surface area contributed by atoms with E-state index in [1.54, 1.807) is 13.8 Å². The molecule has 2 aromatic rings. The van der Waals surface area contributed by atoms with Crippen LogP contribution >= 0.6 is 11.6 Å². The fraction of sp³-hybridized carbons (Fsp3) is 0.286. The van der Waals surface area contributed by atoms with Gasteiger partial charge in [0.15, 0.2) is 0 Å². The second-order valence-electron chi connectivity index (χ2n) is 6.57. The molecular weight excluding hydrogens is 336 g/mol. The van der Waals surface area contributed by atoms with Gasteiger partial charge in [0, 0.05) is 0 Å². The van der Waals surface area contributed by atoms with Crippen molar-refractivity contribution in [2.75, 3.05) is 6.61 Å². The van der Waals surface area contributed by atoms with Gasteiger partial charge in [-0.1, -0.05) is 60.2 Å². The minimum atomic E-state index is -0.792. The monoisotopic (exact) mass is 358 g/mol. The number of aliphatic carboxylic acids is 1. The molecule has 0 aliphatic rings. The van der Waals surface area contributed by atoms with E-state index < -0.39 is 11.4 Å². The lowest BCUT2D eigenvalue weighted by Crippen LogP contribution is -2.24. The number of hydrogen-bond acceptors (Lipinski definition) is 2. The number of carboxylic acids is 1. The van der Waals surface area contributed by atoms with Gasteiger partial charge >= 0.3 is 5.97 Å². The first-order valence-corrected chi connectivity index (χ1v) is 8.65. The fourth-order valence-electron chi connectivity index (χ4n) is 2.30. The summed E-state index contributed by atoms with van der Waals surface area (Å²) < 4.78 is 5.68. The van der Waals surface area contributed by atoms with Gasteiger partial charge in [-0.15, -0.1) is 0 Å². The number of carboxylic acid groups (broad SMARTS) is 1. The quantitative estimate of drug-likeness (QED) is 0.480. The molecule has 2 rings (SSSR count). The van der Waals surface area contributed by atoms with Crippen LogP contribution in [-0.2, 0) is 4.79 Å². The highest BCUT2D eigenvalue weighted by Crippen LogP contribution is 2.27. The zero-order chi connectivity index (χ0) is 18.3. The van der Waals surface area contributed by atoms with Crippen LogP contribution in [0.1, 0.15) is 37.8 Å². The van der Waals surface area contributed by atoms with Crippen molar-refractivity contribution in [2.45, 2.75) is 26.7 Å². The minimum absolute atomic E-state index is 0.440. The smallest absolute Gasteiger partial charge is 0.309 e. The fourth-order valence-corrected chi connectivity index (χ4v) is 2.54. The molecule has 2 aromatic carbocycles. The Labute approximate surface area is 153 Å². The predicted molar refractivity (Wildman–Crippen MR) is 103 cm³/mol. The van der Waals surface area contributed by atoms with Crippen molar-refractivity contribution in [1.82, 2.24) is 0 Å². The van der Waals surface area contributed by atoms with E-state index in [9.17, 15) is 4.79 Å². The molecule has 0 atom stereocenters. The maximum absolute atomic E-state index is 11.1. The Kier molecular flexibility index (Phi) is 6.65. The molecule has 0 amide bonds. The zero-order valence-electron chi connectivity index (χ0n) is 14.5. The molecule has 0 fully saturated rings. The molecule has 0 spiro atoms. The van der Waals surface area contributed by atoms with Crippen LogP contribution in [-0.4, -0.2) is 17.7 Å². The molecule has 0 saturated carbocycles. The van der Waals surface area contributed by atoms with Gasteiger partial charge in [-0.05, 0) is 49.9 Å². The molecule has 0 radical (unpaired) electrons. The summed E-state index contributed by atoms with van der Waals surface area (Å²) in [5.74, 6) is -0.174. The first-order valence-electron chi connectivity index (χ1n) is 8.27. The molecule has 0 aliphatic carbocycles. The van der Waals surface area contributed by atoms with Crippen LogP contribution in [0.5, 0.6) is 5.75 Å². The van der Waals surface area contributed by atoms with Gasteiger partial charge in [-0.25, -0.2) is 0 Å². The topological polar surface area (TPSA) is 46.5 Å². The van der Waals surface area contributed by atoms with Gasteiger partial charge in [0.2, 0.25) is 0 Å². The summed E-state index contributed by atoms with van der Waals surface area (Å²) >= 11 is 6.28. The average Bonchev–Trinajstić information content (AvgIpc) is 2.59. The molecule has 25 heavy (non-hydrogen) atoms. The summed E-state index contributed by atoms with van der Waals surface area (Å²) in [7, 11) is 0. The molecule has 0 aliphatic heterocycles. The van der Waals surface area contributed by atoms with Gasteiger partial charge < -0.3 is 9.84 Å². The highest BCUT2D eigenvalue weighted by atomic mass is 35.5. The molecule has 132 valence electrons. The SMILES string of the molecule is CC(C)(CCCOc1ccc(/C=C/c2ccccc2)cc1Cl)C(=O)O. The van der Waals surface area contributed by atoms with Gasteiger partial charge in [-0.3, -0.25) is 4.79 Å². The largest absolute Gasteiger partial charge is 0.492 e. The molecular formula is C21H23ClO3. The second-order valence-corrected chi connectivity index (χ2v) is 6.98. The minimum Gasteiger partial charge on any atom is -0.492 e. The van der Waals surface area contributed by atoms with Gasteiger partial charge in [-0.2, -0.15) is 0 Å². The Bertz CT molecular complexity index is 736. The van der Waals surface area contributed by atoms with E-state index in [-0.39, 0.29) is 0 Å². The van der Waals surface area contributed by atoms with Crippen molar-refractivity contribution in [3.8, 4) is 5.75 Å². The number of rotatable bonds is 8. The lowest BCUT2D eigenvalue weighted by Gasteiger charge is -2.18. The number of halogens is 1. The summed E-state index contributed by atoms with van der Waals surface area (Å²) in [6.07, 6.45) is 5.24. The maximum atomic E-state index is 11.1. The second kappa shape index (κ2) is 8.72. The van der Waals surface area contributed by atoms with Crippen molar-refractivity contribution < 1.29 is 14.6 Å². The van der Waals surface area contributed by atoms with Gasteiger partial charge in [0.1, 0.15) is 5.75 Å². The Morgan fingerprint density at radius 1 is 1.12 bits per heavy atom. The predicted octanol–water partition coefficient (Wildman–Crippen LogP) is 5.78. The molecule has 3 nitrogen and oxygen atoms in total. The van der Waals surface area contributed by atoms with Crippen molar-refractivity contribution in [3.05, 3.63) is 64.7 Å². The van der Waals surface area contributed by atoms with Crippen LogP contribution < -0.4 is 4.74 Å². The average molecular weight is 359 g/mol. The summed E-state index contributed by atoms with van der Waals surface area (Å²) in [5.41, 5.74) is 1.38. The summed E-state index contributed by atoms with van der Waals surface area (Å²) in [6, 6.07) is 15.7. The Hall–Kier alpha value is -2.26. The lowest BCUT2D eigenvalue weighted by molar-refractivity contribution is -0.147. The molecule has 0 bridgehead atoms. The third-order valence-electron chi connectivity index (χ3n) is 4.01. The number of hydrogen-bond donors (Lipinski definition) is 1. The van der Waals surface area contributed by atoms with E-state index in [1.807, 2.05) is 60.7 Å². The lowest BCUT2D eigenvalue weighted by atomic mass is 9.88. The molecule has 4 heteroatoms. The normalized spacial score (nSPS) is 11.6. The van der Waals surface area contributed by atoms with Crippen LogP contribution in [0.2, 0.25) is 5.02 Å². The molecule has 0 saturated heterocycles. The van der Waals surface area contributed by atoms with Crippen molar-refractivity contribution >= 4 is 29.7 Å². The Balaban J connectivity index is 1.89. The highest BCUT2D eigenvalue weighted by molar-refractivity contribution is 6.32. The van der Waals surface area contributed by atoms with Crippen LogP contribution in [0.3, 0.4) is 0 Å². The first kappa shape index (κ1) is 19.1. The standard InChI is InChI=1S/C21H23ClO3/c1-21(2,20(23)24)13-6-14-25-19-12-11-17(15-18(19)22)10-9-16-7-4-3-5-8-16/h3-5,7-12,15H,6,13-14H2,1-2H3,(H,23,24)/b10-9+. The Morgan fingerprint density at radius 3 is 2.44 bits per heavy atom. The van der Waals surface area contributed by atoms with Crippen LogP contribution in [0, 0.1) is 5.41 Å². The van der Waals surface area contributed by atoms with E-state index in [0.717, 1.165) is 11.1 Å². The van der Waals surface area contributed by atoms with E-state index in [0.29, 0.717) is 30.2 Å². The third-order valence-corrected chi connectivity index (χ3v) is 4.30. The number of ether oxygens (including phenoxy) is 1. The molecule has 1 N–H and O–H groups in total. The highest BCUT2D eigenvalue weighted by Gasteiger charge is 2.26. The maximum Gasteiger partial charge on any atom is 0.309 e. The summed E-state index contributed by atoms with van der Waals surface area (Å²) in [6.45, 7) is 3.88. The van der Waals surface area contributed by atoms with Crippen LogP contribution in [0.4, 0.5) is 0 Å².